The maximum absolute atomic E-state index is 12.7. The van der Waals surface area contributed by atoms with Crippen LogP contribution in [-0.2, 0) is 17.5 Å². The first kappa shape index (κ1) is 15.9. The van der Waals surface area contributed by atoms with Gasteiger partial charge >= 0.3 is 6.18 Å². The summed E-state index contributed by atoms with van der Waals surface area (Å²) in [6.07, 6.45) is -2.71. The second kappa shape index (κ2) is 5.88. The van der Waals surface area contributed by atoms with Crippen LogP contribution in [0.15, 0.2) is 30.5 Å². The molecule has 0 aliphatic carbocycles. The number of thioether (sulfide) groups is 1. The molecule has 9 heteroatoms. The smallest absolute Gasteiger partial charge is 0.327 e. The molecule has 0 bridgehead atoms. The van der Waals surface area contributed by atoms with E-state index in [4.69, 9.17) is 0 Å². The van der Waals surface area contributed by atoms with E-state index in [1.54, 1.807) is 24.2 Å². The monoisotopic (exact) mass is 342 g/mol. The Morgan fingerprint density at radius 3 is 2.83 bits per heavy atom. The number of amides is 1. The molecule has 1 saturated heterocycles. The van der Waals surface area contributed by atoms with E-state index in [1.165, 1.54) is 22.5 Å². The Hall–Kier alpha value is -2.03. The van der Waals surface area contributed by atoms with Crippen molar-refractivity contribution in [1.82, 2.24) is 19.9 Å². The number of aromatic nitrogens is 3. The number of hydrogen-bond acceptors (Lipinski definition) is 4. The zero-order chi connectivity index (χ0) is 16.6. The Labute approximate surface area is 134 Å². The fraction of sp³-hybridized carbons (Fsp3) is 0.357. The number of benzene rings is 1. The van der Waals surface area contributed by atoms with Gasteiger partial charge in [0.2, 0.25) is 5.91 Å². The van der Waals surface area contributed by atoms with E-state index < -0.39 is 11.7 Å². The SMILES string of the molecule is CN1C(=O)CSC1c1cn(Cc2cccc(C(F)(F)F)c2)nn1. The van der Waals surface area contributed by atoms with Crippen molar-refractivity contribution in [3.8, 4) is 0 Å². The van der Waals surface area contributed by atoms with E-state index in [1.807, 2.05) is 0 Å². The van der Waals surface area contributed by atoms with Gasteiger partial charge in [-0.1, -0.05) is 17.3 Å². The van der Waals surface area contributed by atoms with Crippen molar-refractivity contribution in [3.63, 3.8) is 0 Å². The molecule has 1 aromatic heterocycles. The molecule has 1 amide bonds. The summed E-state index contributed by atoms with van der Waals surface area (Å²) in [6.45, 7) is 0.186. The molecule has 2 heterocycles. The summed E-state index contributed by atoms with van der Waals surface area (Å²) in [5, 5.41) is 7.77. The number of hydrogen-bond donors (Lipinski definition) is 0. The van der Waals surface area contributed by atoms with Crippen molar-refractivity contribution in [2.75, 3.05) is 12.8 Å². The first-order valence-corrected chi connectivity index (χ1v) is 7.83. The molecule has 1 aliphatic rings. The zero-order valence-electron chi connectivity index (χ0n) is 12.1. The van der Waals surface area contributed by atoms with Crippen molar-refractivity contribution in [3.05, 3.63) is 47.3 Å². The van der Waals surface area contributed by atoms with Crippen molar-refractivity contribution in [2.24, 2.45) is 0 Å². The van der Waals surface area contributed by atoms with Gasteiger partial charge < -0.3 is 4.90 Å². The van der Waals surface area contributed by atoms with Crippen LogP contribution in [0.5, 0.6) is 0 Å². The van der Waals surface area contributed by atoms with E-state index in [0.717, 1.165) is 12.1 Å². The molecule has 23 heavy (non-hydrogen) atoms. The summed E-state index contributed by atoms with van der Waals surface area (Å²) < 4.78 is 39.6. The van der Waals surface area contributed by atoms with Gasteiger partial charge in [0, 0.05) is 7.05 Å². The Morgan fingerprint density at radius 1 is 1.39 bits per heavy atom. The molecular formula is C14H13F3N4OS. The molecule has 0 spiro atoms. The number of carbonyl (C=O) groups is 1. The summed E-state index contributed by atoms with van der Waals surface area (Å²) >= 11 is 1.45. The van der Waals surface area contributed by atoms with E-state index in [2.05, 4.69) is 10.3 Å². The highest BCUT2D eigenvalue weighted by Crippen LogP contribution is 2.36. The summed E-state index contributed by atoms with van der Waals surface area (Å²) in [5.74, 6) is 0.411. The van der Waals surface area contributed by atoms with E-state index >= 15 is 0 Å². The van der Waals surface area contributed by atoms with Gasteiger partial charge in [-0.3, -0.25) is 4.79 Å². The molecule has 1 fully saturated rings. The summed E-state index contributed by atoms with van der Waals surface area (Å²) in [4.78, 5) is 13.1. The first-order chi connectivity index (χ1) is 10.8. The van der Waals surface area contributed by atoms with Crippen LogP contribution < -0.4 is 0 Å². The number of alkyl halides is 3. The fourth-order valence-electron chi connectivity index (χ4n) is 2.32. The lowest BCUT2D eigenvalue weighted by atomic mass is 10.1. The fourth-order valence-corrected chi connectivity index (χ4v) is 3.44. The zero-order valence-corrected chi connectivity index (χ0v) is 12.9. The topological polar surface area (TPSA) is 51.0 Å². The molecule has 1 atom stereocenters. The molecule has 2 aromatic rings. The molecule has 5 nitrogen and oxygen atoms in total. The average Bonchev–Trinajstić information content (AvgIpc) is 3.07. The maximum atomic E-state index is 12.7. The summed E-state index contributed by atoms with van der Waals surface area (Å²) in [7, 11) is 1.69. The third kappa shape index (κ3) is 3.34. The number of carbonyl (C=O) groups excluding carboxylic acids is 1. The van der Waals surface area contributed by atoms with Crippen LogP contribution in [-0.4, -0.2) is 38.6 Å². The van der Waals surface area contributed by atoms with Crippen LogP contribution in [0.2, 0.25) is 0 Å². The van der Waals surface area contributed by atoms with Crippen LogP contribution in [0, 0.1) is 0 Å². The van der Waals surface area contributed by atoms with Gasteiger partial charge in [0.1, 0.15) is 11.1 Å². The van der Waals surface area contributed by atoms with Crippen molar-refractivity contribution >= 4 is 17.7 Å². The molecule has 3 rings (SSSR count). The first-order valence-electron chi connectivity index (χ1n) is 6.78. The van der Waals surface area contributed by atoms with Crippen LogP contribution in [0.25, 0.3) is 0 Å². The number of nitrogens with zero attached hydrogens (tertiary/aromatic N) is 4. The van der Waals surface area contributed by atoms with Crippen molar-refractivity contribution < 1.29 is 18.0 Å². The van der Waals surface area contributed by atoms with E-state index in [-0.39, 0.29) is 17.8 Å². The van der Waals surface area contributed by atoms with Crippen LogP contribution in [0.3, 0.4) is 0 Å². The van der Waals surface area contributed by atoms with Gasteiger partial charge in [0.05, 0.1) is 24.1 Å². The largest absolute Gasteiger partial charge is 0.416 e. The minimum Gasteiger partial charge on any atom is -0.327 e. The lowest BCUT2D eigenvalue weighted by molar-refractivity contribution is -0.137. The van der Waals surface area contributed by atoms with Crippen LogP contribution in [0.4, 0.5) is 13.2 Å². The van der Waals surface area contributed by atoms with Crippen molar-refractivity contribution in [1.29, 1.82) is 0 Å². The summed E-state index contributed by atoms with van der Waals surface area (Å²) in [5.41, 5.74) is 0.419. The Balaban J connectivity index is 1.76. The van der Waals surface area contributed by atoms with Gasteiger partial charge in [-0.25, -0.2) is 4.68 Å². The lowest BCUT2D eigenvalue weighted by Crippen LogP contribution is -2.23. The highest BCUT2D eigenvalue weighted by Gasteiger charge is 2.32. The molecular weight excluding hydrogens is 329 g/mol. The van der Waals surface area contributed by atoms with Crippen LogP contribution >= 0.6 is 11.8 Å². The third-order valence-corrected chi connectivity index (χ3v) is 4.81. The second-order valence-electron chi connectivity index (χ2n) is 5.21. The highest BCUT2D eigenvalue weighted by atomic mass is 32.2. The quantitative estimate of drug-likeness (QED) is 0.860. The lowest BCUT2D eigenvalue weighted by Gasteiger charge is -2.15. The molecule has 0 radical (unpaired) electrons. The van der Waals surface area contributed by atoms with Gasteiger partial charge in [-0.05, 0) is 17.7 Å². The van der Waals surface area contributed by atoms with Crippen molar-refractivity contribution in [2.45, 2.75) is 18.1 Å². The predicted octanol–water partition coefficient (Wildman–Crippen LogP) is 2.55. The normalized spacial score (nSPS) is 18.7. The molecule has 122 valence electrons. The maximum Gasteiger partial charge on any atom is 0.416 e. The van der Waals surface area contributed by atoms with Gasteiger partial charge in [-0.15, -0.1) is 16.9 Å². The molecule has 1 aromatic carbocycles. The number of halogens is 3. The molecule has 0 N–H and O–H groups in total. The minimum atomic E-state index is -4.37. The van der Waals surface area contributed by atoms with Gasteiger partial charge in [0.25, 0.3) is 0 Å². The summed E-state index contributed by atoms with van der Waals surface area (Å²) in [6, 6.07) is 5.11. The van der Waals surface area contributed by atoms with E-state index in [0.29, 0.717) is 17.0 Å². The molecule has 0 saturated carbocycles. The van der Waals surface area contributed by atoms with Gasteiger partial charge in [-0.2, -0.15) is 13.2 Å². The van der Waals surface area contributed by atoms with Crippen LogP contribution in [0.1, 0.15) is 22.2 Å². The second-order valence-corrected chi connectivity index (χ2v) is 6.28. The molecule has 1 unspecified atom stereocenters. The Kier molecular flexibility index (Phi) is 4.05. The Morgan fingerprint density at radius 2 is 2.17 bits per heavy atom. The Bertz CT molecular complexity index is 731. The standard InChI is InChI=1S/C14H13F3N4OS/c1-20-12(22)8-23-13(20)11-7-21(19-18-11)6-9-3-2-4-10(5-9)14(15,16)17/h2-5,7,13H,6,8H2,1H3. The van der Waals surface area contributed by atoms with E-state index in [9.17, 15) is 18.0 Å². The molecule has 1 aliphatic heterocycles. The van der Waals surface area contributed by atoms with Gasteiger partial charge in [0.15, 0.2) is 0 Å². The third-order valence-electron chi connectivity index (χ3n) is 3.52. The number of rotatable bonds is 3. The minimum absolute atomic E-state index is 0.0208. The highest BCUT2D eigenvalue weighted by molar-refractivity contribution is 8.00. The predicted molar refractivity (Wildman–Crippen MR) is 78.5 cm³/mol. The average molecular weight is 342 g/mol.